The fourth-order valence-corrected chi connectivity index (χ4v) is 2.32. The Labute approximate surface area is 140 Å². The molecule has 0 saturated carbocycles. The van der Waals surface area contributed by atoms with E-state index in [0.29, 0.717) is 11.4 Å². The number of rotatable bonds is 4. The molecule has 1 N–H and O–H groups in total. The van der Waals surface area contributed by atoms with E-state index in [0.717, 1.165) is 16.9 Å². The summed E-state index contributed by atoms with van der Waals surface area (Å²) in [5.74, 6) is 0.313. The van der Waals surface area contributed by atoms with E-state index in [-0.39, 0.29) is 12.1 Å². The minimum Gasteiger partial charge on any atom is -0.383 e. The molecule has 0 aliphatic carbocycles. The maximum Gasteiger partial charge on any atom is 0.416 e. The Morgan fingerprint density at radius 2 is 1.88 bits per heavy atom. The van der Waals surface area contributed by atoms with Crippen LogP contribution in [0.1, 0.15) is 18.1 Å². The van der Waals surface area contributed by atoms with Crippen LogP contribution in [0.25, 0.3) is 11.4 Å². The molecule has 3 aromatic rings. The van der Waals surface area contributed by atoms with Gasteiger partial charge in [0.2, 0.25) is 5.82 Å². The molecule has 0 bridgehead atoms. The number of hydrogen-bond acceptors (Lipinski definition) is 5. The molecule has 1 aromatic carbocycles. The van der Waals surface area contributed by atoms with Crippen molar-refractivity contribution in [3.05, 3.63) is 59.9 Å². The van der Waals surface area contributed by atoms with Gasteiger partial charge in [0.15, 0.2) is 0 Å². The quantitative estimate of drug-likeness (QED) is 0.784. The second-order valence-electron chi connectivity index (χ2n) is 5.74. The van der Waals surface area contributed by atoms with Crippen LogP contribution in [0.4, 0.5) is 13.2 Å². The molecule has 1 unspecified atom stereocenters. The van der Waals surface area contributed by atoms with Crippen molar-refractivity contribution in [3.63, 3.8) is 0 Å². The maximum atomic E-state index is 12.8. The van der Waals surface area contributed by atoms with Crippen LogP contribution in [0.15, 0.2) is 48.8 Å². The van der Waals surface area contributed by atoms with Gasteiger partial charge in [-0.25, -0.2) is 0 Å². The fourth-order valence-electron chi connectivity index (χ4n) is 2.32. The average Bonchev–Trinajstić information content (AvgIpc) is 3.03. The molecule has 2 heterocycles. The smallest absolute Gasteiger partial charge is 0.383 e. The van der Waals surface area contributed by atoms with E-state index < -0.39 is 17.3 Å². The van der Waals surface area contributed by atoms with Crippen molar-refractivity contribution in [2.24, 2.45) is 0 Å². The number of benzene rings is 1. The van der Waals surface area contributed by atoms with Gasteiger partial charge in [-0.3, -0.25) is 4.98 Å². The van der Waals surface area contributed by atoms with Crippen molar-refractivity contribution >= 4 is 0 Å². The monoisotopic (exact) mass is 349 g/mol. The van der Waals surface area contributed by atoms with Crippen molar-refractivity contribution in [3.8, 4) is 11.4 Å². The number of aliphatic hydroxyl groups is 1. The number of alkyl halides is 3. The summed E-state index contributed by atoms with van der Waals surface area (Å²) in [6.07, 6.45) is -1.32. The SMILES string of the molecule is CC(O)(Cn1nnc(-c2cccnc2)n1)c1cccc(C(F)(F)F)c1. The first kappa shape index (κ1) is 17.0. The Kier molecular flexibility index (Phi) is 4.25. The van der Waals surface area contributed by atoms with Crippen LogP contribution in [0, 0.1) is 0 Å². The number of tetrazole rings is 1. The first-order chi connectivity index (χ1) is 11.8. The van der Waals surface area contributed by atoms with Crippen LogP contribution in [-0.4, -0.2) is 30.3 Å². The van der Waals surface area contributed by atoms with E-state index in [1.165, 1.54) is 19.1 Å². The van der Waals surface area contributed by atoms with E-state index in [1.807, 2.05) is 0 Å². The molecule has 0 spiro atoms. The predicted molar refractivity (Wildman–Crippen MR) is 82.1 cm³/mol. The highest BCUT2D eigenvalue weighted by molar-refractivity contribution is 5.51. The lowest BCUT2D eigenvalue weighted by molar-refractivity contribution is -0.137. The molecule has 0 saturated heterocycles. The molecular weight excluding hydrogens is 335 g/mol. The first-order valence-electron chi connectivity index (χ1n) is 7.34. The third-order valence-electron chi connectivity index (χ3n) is 3.63. The summed E-state index contributed by atoms with van der Waals surface area (Å²) in [6, 6.07) is 8.01. The van der Waals surface area contributed by atoms with Gasteiger partial charge in [0.05, 0.1) is 12.1 Å². The molecule has 130 valence electrons. The molecule has 0 aliphatic rings. The normalized spacial score (nSPS) is 14.3. The van der Waals surface area contributed by atoms with Gasteiger partial charge >= 0.3 is 6.18 Å². The van der Waals surface area contributed by atoms with Gasteiger partial charge in [0, 0.05) is 18.0 Å². The van der Waals surface area contributed by atoms with E-state index in [1.54, 1.807) is 24.5 Å². The number of halogens is 3. The molecule has 2 aromatic heterocycles. The number of hydrogen-bond donors (Lipinski definition) is 1. The van der Waals surface area contributed by atoms with Gasteiger partial charge in [0.25, 0.3) is 0 Å². The zero-order chi connectivity index (χ0) is 18.1. The van der Waals surface area contributed by atoms with Crippen LogP contribution in [0.5, 0.6) is 0 Å². The first-order valence-corrected chi connectivity index (χ1v) is 7.34. The van der Waals surface area contributed by atoms with Crippen LogP contribution < -0.4 is 0 Å². The van der Waals surface area contributed by atoms with E-state index in [4.69, 9.17) is 0 Å². The minimum absolute atomic E-state index is 0.113. The van der Waals surface area contributed by atoms with Gasteiger partial charge in [0.1, 0.15) is 5.60 Å². The lowest BCUT2D eigenvalue weighted by Gasteiger charge is -2.23. The highest BCUT2D eigenvalue weighted by Gasteiger charge is 2.33. The topological polar surface area (TPSA) is 76.7 Å². The third kappa shape index (κ3) is 3.82. The molecule has 0 radical (unpaired) electrons. The third-order valence-corrected chi connectivity index (χ3v) is 3.63. The standard InChI is InChI=1S/C16H14F3N5O/c1-15(25,12-5-2-6-13(8-12)16(17,18)19)10-24-22-14(21-23-24)11-4-3-7-20-9-11/h2-9,25H,10H2,1H3. The highest BCUT2D eigenvalue weighted by atomic mass is 19.4. The van der Waals surface area contributed by atoms with Gasteiger partial charge in [-0.2, -0.15) is 18.0 Å². The number of pyridine rings is 1. The van der Waals surface area contributed by atoms with E-state index in [2.05, 4.69) is 20.4 Å². The van der Waals surface area contributed by atoms with Crippen molar-refractivity contribution in [1.82, 2.24) is 25.2 Å². The van der Waals surface area contributed by atoms with Crippen LogP contribution >= 0.6 is 0 Å². The van der Waals surface area contributed by atoms with E-state index in [9.17, 15) is 18.3 Å². The van der Waals surface area contributed by atoms with Crippen LogP contribution in [0.3, 0.4) is 0 Å². The van der Waals surface area contributed by atoms with Gasteiger partial charge < -0.3 is 5.11 Å². The molecular formula is C16H14F3N5O. The summed E-state index contributed by atoms with van der Waals surface area (Å²) >= 11 is 0. The largest absolute Gasteiger partial charge is 0.416 e. The average molecular weight is 349 g/mol. The Morgan fingerprint density at radius 3 is 2.56 bits per heavy atom. The maximum absolute atomic E-state index is 12.8. The Bertz CT molecular complexity index is 861. The minimum atomic E-state index is -4.48. The molecule has 3 rings (SSSR count). The van der Waals surface area contributed by atoms with Crippen molar-refractivity contribution in [1.29, 1.82) is 0 Å². The second kappa shape index (κ2) is 6.25. The highest BCUT2D eigenvalue weighted by Crippen LogP contribution is 2.32. The zero-order valence-electron chi connectivity index (χ0n) is 13.1. The molecule has 25 heavy (non-hydrogen) atoms. The zero-order valence-corrected chi connectivity index (χ0v) is 13.1. The lowest BCUT2D eigenvalue weighted by atomic mass is 9.94. The van der Waals surface area contributed by atoms with Crippen molar-refractivity contribution in [2.45, 2.75) is 25.2 Å². The predicted octanol–water partition coefficient (Wildman–Crippen LogP) is 2.66. The van der Waals surface area contributed by atoms with Gasteiger partial charge in [-0.15, -0.1) is 10.2 Å². The molecule has 0 aliphatic heterocycles. The van der Waals surface area contributed by atoms with Gasteiger partial charge in [-0.05, 0) is 42.0 Å². The number of aromatic nitrogens is 5. The Morgan fingerprint density at radius 1 is 1.12 bits per heavy atom. The number of nitrogens with zero attached hydrogens (tertiary/aromatic N) is 5. The summed E-state index contributed by atoms with van der Waals surface area (Å²) in [5, 5.41) is 22.4. The Balaban J connectivity index is 1.84. The van der Waals surface area contributed by atoms with E-state index >= 15 is 0 Å². The molecule has 0 fully saturated rings. The summed E-state index contributed by atoms with van der Waals surface area (Å²) in [6.45, 7) is 1.25. The molecule has 0 amide bonds. The van der Waals surface area contributed by atoms with Gasteiger partial charge in [-0.1, -0.05) is 12.1 Å². The Hall–Kier alpha value is -2.81. The molecule has 6 nitrogen and oxygen atoms in total. The van der Waals surface area contributed by atoms with Crippen molar-refractivity contribution < 1.29 is 18.3 Å². The van der Waals surface area contributed by atoms with Crippen LogP contribution in [-0.2, 0) is 18.3 Å². The van der Waals surface area contributed by atoms with Crippen LogP contribution in [0.2, 0.25) is 0 Å². The second-order valence-corrected chi connectivity index (χ2v) is 5.74. The fraction of sp³-hybridized carbons (Fsp3) is 0.250. The summed E-state index contributed by atoms with van der Waals surface area (Å²) in [5.41, 5.74) is -1.67. The summed E-state index contributed by atoms with van der Waals surface area (Å²) < 4.78 is 38.5. The molecule has 9 heteroatoms. The summed E-state index contributed by atoms with van der Waals surface area (Å²) in [4.78, 5) is 5.09. The summed E-state index contributed by atoms with van der Waals surface area (Å²) in [7, 11) is 0. The molecule has 1 atom stereocenters. The van der Waals surface area contributed by atoms with Crippen molar-refractivity contribution in [2.75, 3.05) is 0 Å². The lowest BCUT2D eigenvalue weighted by Crippen LogP contribution is -2.29.